The minimum atomic E-state index is -3.37. The van der Waals surface area contributed by atoms with E-state index in [2.05, 4.69) is 3.07 Å². The normalized spacial score (nSPS) is 12.1. The van der Waals surface area contributed by atoms with Crippen molar-refractivity contribution in [3.8, 4) is 0 Å². The predicted octanol–water partition coefficient (Wildman–Crippen LogP) is 0.907. The molecule has 1 aromatic carbocycles. The third-order valence-electron chi connectivity index (χ3n) is 2.63. The van der Waals surface area contributed by atoms with Crippen LogP contribution in [0.15, 0.2) is 29.2 Å². The zero-order chi connectivity index (χ0) is 15.6. The first-order valence-corrected chi connectivity index (χ1v) is 7.96. The maximum atomic E-state index is 11.3. The van der Waals surface area contributed by atoms with Gasteiger partial charge in [0.1, 0.15) is 23.0 Å². The zero-order valence-electron chi connectivity index (χ0n) is 10.2. The van der Waals surface area contributed by atoms with E-state index >= 15 is 0 Å². The smallest absolute Gasteiger partial charge is 0.349 e. The Labute approximate surface area is 129 Å². The number of carboxylic acids is 2. The van der Waals surface area contributed by atoms with Crippen LogP contribution in [0.5, 0.6) is 0 Å². The summed E-state index contributed by atoms with van der Waals surface area (Å²) >= 11 is 1.22. The minimum absolute atomic E-state index is 0.0629. The quantitative estimate of drug-likeness (QED) is 0.525. The number of hydrogen-bond donors (Lipinski definition) is 2. The van der Waals surface area contributed by atoms with Crippen molar-refractivity contribution < 1.29 is 31.3 Å². The van der Waals surface area contributed by atoms with E-state index in [-0.39, 0.29) is 4.90 Å². The Morgan fingerprint density at radius 3 is 1.95 bits per heavy atom. The summed E-state index contributed by atoms with van der Waals surface area (Å²) in [5, 5.41) is 18.1. The number of carbonyl (C=O) groups is 2. The number of carboxylic acid groups (broad SMARTS) is 2. The second-order valence-corrected chi connectivity index (χ2v) is 6.56. The second kappa shape index (κ2) is 6.06. The highest BCUT2D eigenvalue weighted by Gasteiger charge is 2.48. The Kier molecular flexibility index (Phi) is 5.10. The van der Waals surface area contributed by atoms with Crippen LogP contribution in [0, 0.1) is 0 Å². The van der Waals surface area contributed by atoms with Crippen molar-refractivity contribution in [2.45, 2.75) is 16.9 Å². The Hall–Kier alpha value is -1.20. The van der Waals surface area contributed by atoms with E-state index < -0.39 is 33.8 Å². The summed E-state index contributed by atoms with van der Waals surface area (Å²) in [7, 11) is -3.37. The van der Waals surface area contributed by atoms with E-state index in [0.717, 1.165) is 6.26 Å². The molecular formula is C11H11IO7S. The summed E-state index contributed by atoms with van der Waals surface area (Å²) in [5.74, 6) is -3.27. The zero-order valence-corrected chi connectivity index (χ0v) is 13.2. The van der Waals surface area contributed by atoms with Crippen LogP contribution in [0.25, 0.3) is 0 Å². The average Bonchev–Trinajstić information content (AvgIpc) is 2.34. The summed E-state index contributed by atoms with van der Waals surface area (Å²) in [6.45, 7) is 0. The summed E-state index contributed by atoms with van der Waals surface area (Å²) in [6.07, 6.45) is 0.611. The summed E-state index contributed by atoms with van der Waals surface area (Å²) < 4.78 is 27.2. The topological polar surface area (TPSA) is 118 Å². The molecule has 0 heterocycles. The molecule has 0 amide bonds. The Morgan fingerprint density at radius 2 is 1.65 bits per heavy atom. The van der Waals surface area contributed by atoms with E-state index in [0.29, 0.717) is 5.56 Å². The largest absolute Gasteiger partial charge is 0.479 e. The lowest BCUT2D eigenvalue weighted by molar-refractivity contribution is -0.168. The highest BCUT2D eigenvalue weighted by molar-refractivity contribution is 14.1. The molecule has 9 heteroatoms. The lowest BCUT2D eigenvalue weighted by Gasteiger charge is -2.21. The molecule has 110 valence electrons. The molecule has 0 aliphatic rings. The Balaban J connectivity index is 3.14. The molecule has 1 aromatic rings. The average molecular weight is 414 g/mol. The summed E-state index contributed by atoms with van der Waals surface area (Å²) in [4.78, 5) is 22.3. The van der Waals surface area contributed by atoms with Crippen molar-refractivity contribution in [1.82, 2.24) is 0 Å². The third-order valence-corrected chi connectivity index (χ3v) is 4.51. The molecule has 0 saturated heterocycles. The van der Waals surface area contributed by atoms with Gasteiger partial charge in [-0.05, 0) is 17.7 Å². The molecule has 0 radical (unpaired) electrons. The van der Waals surface area contributed by atoms with Crippen LogP contribution >= 0.6 is 23.0 Å². The number of aliphatic carboxylic acids is 2. The molecule has 7 nitrogen and oxygen atoms in total. The van der Waals surface area contributed by atoms with Gasteiger partial charge in [0.25, 0.3) is 5.60 Å². The fourth-order valence-corrected chi connectivity index (χ4v) is 2.64. The van der Waals surface area contributed by atoms with Crippen LogP contribution in [0.2, 0.25) is 0 Å². The standard InChI is InChI=1S/C11H11IO7S/c1-20(17,18)8-4-2-7(3-5-8)6-11(19-12,9(13)14)10(15)16/h2-5H,6H2,1H3,(H,13,14)(H,15,16). The van der Waals surface area contributed by atoms with Crippen molar-refractivity contribution in [3.05, 3.63) is 29.8 Å². The van der Waals surface area contributed by atoms with Crippen molar-refractivity contribution in [3.63, 3.8) is 0 Å². The molecule has 0 spiro atoms. The minimum Gasteiger partial charge on any atom is -0.479 e. The highest BCUT2D eigenvalue weighted by atomic mass is 127. The van der Waals surface area contributed by atoms with E-state index in [4.69, 9.17) is 10.2 Å². The molecule has 0 aromatic heterocycles. The van der Waals surface area contributed by atoms with Crippen LogP contribution < -0.4 is 0 Å². The fourth-order valence-electron chi connectivity index (χ4n) is 1.48. The van der Waals surface area contributed by atoms with Crippen molar-refractivity contribution in [2.75, 3.05) is 6.26 Å². The van der Waals surface area contributed by atoms with Gasteiger partial charge in [0, 0.05) is 12.7 Å². The van der Waals surface area contributed by atoms with Crippen LogP contribution in [0.1, 0.15) is 5.56 Å². The number of halogens is 1. The lowest BCUT2D eigenvalue weighted by atomic mass is 9.95. The maximum Gasteiger partial charge on any atom is 0.349 e. The Morgan fingerprint density at radius 1 is 1.20 bits per heavy atom. The molecule has 0 unspecified atom stereocenters. The van der Waals surface area contributed by atoms with Gasteiger partial charge in [0.2, 0.25) is 0 Å². The summed E-state index contributed by atoms with van der Waals surface area (Å²) in [6, 6.07) is 5.28. The van der Waals surface area contributed by atoms with Gasteiger partial charge in [-0.25, -0.2) is 18.0 Å². The molecule has 2 N–H and O–H groups in total. The summed E-state index contributed by atoms with van der Waals surface area (Å²) in [5.41, 5.74) is -2.08. The van der Waals surface area contributed by atoms with Gasteiger partial charge >= 0.3 is 11.9 Å². The number of benzene rings is 1. The van der Waals surface area contributed by atoms with Gasteiger partial charge in [-0.3, -0.25) is 3.07 Å². The van der Waals surface area contributed by atoms with Crippen molar-refractivity contribution in [2.24, 2.45) is 0 Å². The first-order chi connectivity index (χ1) is 9.13. The molecule has 0 aliphatic carbocycles. The molecule has 0 aliphatic heterocycles. The highest BCUT2D eigenvalue weighted by Crippen LogP contribution is 2.23. The molecule has 20 heavy (non-hydrogen) atoms. The molecular weight excluding hydrogens is 403 g/mol. The van der Waals surface area contributed by atoms with Gasteiger partial charge < -0.3 is 10.2 Å². The van der Waals surface area contributed by atoms with Crippen LogP contribution in [0.4, 0.5) is 0 Å². The van der Waals surface area contributed by atoms with Gasteiger partial charge in [-0.2, -0.15) is 0 Å². The first-order valence-electron chi connectivity index (χ1n) is 5.19. The van der Waals surface area contributed by atoms with Crippen LogP contribution in [-0.2, 0) is 28.9 Å². The molecule has 0 saturated carbocycles. The van der Waals surface area contributed by atoms with Gasteiger partial charge in [0.15, 0.2) is 9.84 Å². The maximum absolute atomic E-state index is 11.3. The van der Waals surface area contributed by atoms with Crippen LogP contribution in [0.3, 0.4) is 0 Å². The van der Waals surface area contributed by atoms with Gasteiger partial charge in [-0.15, -0.1) is 0 Å². The number of hydrogen-bond acceptors (Lipinski definition) is 5. The second-order valence-electron chi connectivity index (χ2n) is 4.11. The molecule has 0 fully saturated rings. The third kappa shape index (κ3) is 3.46. The van der Waals surface area contributed by atoms with E-state index in [1.165, 1.54) is 47.3 Å². The van der Waals surface area contributed by atoms with Crippen molar-refractivity contribution >= 4 is 44.8 Å². The number of rotatable bonds is 6. The van der Waals surface area contributed by atoms with Gasteiger partial charge in [-0.1, -0.05) is 12.1 Å². The van der Waals surface area contributed by atoms with Crippen molar-refractivity contribution in [1.29, 1.82) is 0 Å². The van der Waals surface area contributed by atoms with E-state index in [9.17, 15) is 18.0 Å². The Bertz CT molecular complexity index is 607. The monoisotopic (exact) mass is 414 g/mol. The molecule has 1 rings (SSSR count). The van der Waals surface area contributed by atoms with E-state index in [1.807, 2.05) is 0 Å². The van der Waals surface area contributed by atoms with E-state index in [1.54, 1.807) is 0 Å². The molecule has 0 atom stereocenters. The lowest BCUT2D eigenvalue weighted by Crippen LogP contribution is -2.49. The number of sulfone groups is 1. The molecule has 0 bridgehead atoms. The predicted molar refractivity (Wildman–Crippen MR) is 76.4 cm³/mol. The van der Waals surface area contributed by atoms with Gasteiger partial charge in [0.05, 0.1) is 4.90 Å². The van der Waals surface area contributed by atoms with Crippen LogP contribution in [-0.4, -0.2) is 42.4 Å². The SMILES string of the molecule is CS(=O)(=O)c1ccc(CC(OI)(C(=O)O)C(=O)O)cc1. The first kappa shape index (κ1) is 16.9. The fraction of sp³-hybridized carbons (Fsp3) is 0.273.